The van der Waals surface area contributed by atoms with Gasteiger partial charge in [0.2, 0.25) is 0 Å². The largest absolute Gasteiger partial charge is 0.308 e. The molecule has 1 N–H and O–H groups in total. The van der Waals surface area contributed by atoms with Crippen LogP contribution in [0.5, 0.6) is 0 Å². The molecule has 110 valence electrons. The molecule has 3 fully saturated rings. The Morgan fingerprint density at radius 2 is 1.95 bits per heavy atom. The third kappa shape index (κ3) is 2.58. The highest BCUT2D eigenvalue weighted by molar-refractivity contribution is 5.10. The zero-order chi connectivity index (χ0) is 13.5. The van der Waals surface area contributed by atoms with E-state index >= 15 is 0 Å². The van der Waals surface area contributed by atoms with Crippen LogP contribution >= 0.6 is 0 Å². The summed E-state index contributed by atoms with van der Waals surface area (Å²) in [5.41, 5.74) is 0.916. The Balaban J connectivity index is 1.75. The van der Waals surface area contributed by atoms with Crippen LogP contribution in [0.1, 0.15) is 65.7 Å². The van der Waals surface area contributed by atoms with Crippen molar-refractivity contribution in [2.24, 2.45) is 11.8 Å². The fourth-order valence-electron chi connectivity index (χ4n) is 4.35. The van der Waals surface area contributed by atoms with Crippen molar-refractivity contribution in [2.75, 3.05) is 19.6 Å². The van der Waals surface area contributed by atoms with Crippen molar-refractivity contribution in [3.05, 3.63) is 0 Å². The predicted molar refractivity (Wildman–Crippen MR) is 81.4 cm³/mol. The first-order valence-electron chi connectivity index (χ1n) is 8.58. The normalized spacial score (nSPS) is 36.8. The number of nitrogens with zero attached hydrogens (tertiary/aromatic N) is 1. The summed E-state index contributed by atoms with van der Waals surface area (Å²) in [6, 6.07) is 0. The van der Waals surface area contributed by atoms with Crippen LogP contribution in [0.3, 0.4) is 0 Å². The molecule has 2 aliphatic carbocycles. The number of piperazine rings is 1. The Bertz CT molecular complexity index is 317. The lowest BCUT2D eigenvalue weighted by molar-refractivity contribution is -0.00685. The van der Waals surface area contributed by atoms with Crippen molar-refractivity contribution in [2.45, 2.75) is 76.8 Å². The third-order valence-electron chi connectivity index (χ3n) is 6.28. The summed E-state index contributed by atoms with van der Waals surface area (Å²) in [5.74, 6) is 1.80. The molecule has 0 bridgehead atoms. The molecule has 0 aromatic carbocycles. The van der Waals surface area contributed by atoms with Gasteiger partial charge in [0.15, 0.2) is 0 Å². The van der Waals surface area contributed by atoms with Crippen LogP contribution < -0.4 is 5.32 Å². The van der Waals surface area contributed by atoms with E-state index in [0.717, 1.165) is 11.8 Å². The van der Waals surface area contributed by atoms with Gasteiger partial charge in [0, 0.05) is 30.7 Å². The molecule has 0 radical (unpaired) electrons. The molecule has 1 spiro atoms. The molecular formula is C17H32N2. The van der Waals surface area contributed by atoms with Crippen molar-refractivity contribution < 1.29 is 0 Å². The van der Waals surface area contributed by atoms with E-state index < -0.39 is 0 Å². The summed E-state index contributed by atoms with van der Waals surface area (Å²) in [6.07, 6.45) is 9.92. The van der Waals surface area contributed by atoms with E-state index in [4.69, 9.17) is 0 Å². The summed E-state index contributed by atoms with van der Waals surface area (Å²) >= 11 is 0. The van der Waals surface area contributed by atoms with Crippen molar-refractivity contribution in [1.29, 1.82) is 0 Å². The van der Waals surface area contributed by atoms with Gasteiger partial charge in [-0.1, -0.05) is 33.1 Å². The molecule has 2 saturated carbocycles. The minimum Gasteiger partial charge on any atom is -0.308 e. The van der Waals surface area contributed by atoms with Crippen LogP contribution in [0.4, 0.5) is 0 Å². The molecule has 2 atom stereocenters. The summed E-state index contributed by atoms with van der Waals surface area (Å²) in [4.78, 5) is 2.89. The number of hydrogen-bond donors (Lipinski definition) is 1. The SMILES string of the molecule is CCC(C)CN1CC2(CCCC2)NCC1(C)C1CC1. The molecule has 2 nitrogen and oxygen atoms in total. The lowest BCUT2D eigenvalue weighted by Crippen LogP contribution is -2.69. The molecule has 1 saturated heterocycles. The molecule has 0 aromatic heterocycles. The predicted octanol–water partition coefficient (Wildman–Crippen LogP) is 3.42. The van der Waals surface area contributed by atoms with Gasteiger partial charge >= 0.3 is 0 Å². The highest BCUT2D eigenvalue weighted by Crippen LogP contribution is 2.47. The smallest absolute Gasteiger partial charge is 0.0335 e. The maximum atomic E-state index is 3.99. The lowest BCUT2D eigenvalue weighted by Gasteiger charge is -2.53. The van der Waals surface area contributed by atoms with Gasteiger partial charge in [-0.3, -0.25) is 4.90 Å². The Labute approximate surface area is 119 Å². The van der Waals surface area contributed by atoms with Crippen LogP contribution in [0, 0.1) is 11.8 Å². The quantitative estimate of drug-likeness (QED) is 0.837. The van der Waals surface area contributed by atoms with E-state index in [0.29, 0.717) is 11.1 Å². The van der Waals surface area contributed by atoms with E-state index in [-0.39, 0.29) is 0 Å². The molecule has 19 heavy (non-hydrogen) atoms. The van der Waals surface area contributed by atoms with Crippen molar-refractivity contribution in [3.8, 4) is 0 Å². The van der Waals surface area contributed by atoms with Gasteiger partial charge in [0.25, 0.3) is 0 Å². The van der Waals surface area contributed by atoms with Crippen LogP contribution in [0.2, 0.25) is 0 Å². The van der Waals surface area contributed by atoms with Gasteiger partial charge in [-0.2, -0.15) is 0 Å². The standard InChI is InChI=1S/C17H32N2/c1-4-14(2)11-19-13-17(9-5-6-10-17)18-12-16(19,3)15-7-8-15/h14-15,18H,4-13H2,1-3H3. The van der Waals surface area contributed by atoms with E-state index in [2.05, 4.69) is 31.0 Å². The molecule has 3 rings (SSSR count). The second-order valence-electron chi connectivity index (χ2n) is 7.87. The number of rotatable bonds is 4. The topological polar surface area (TPSA) is 15.3 Å². The number of nitrogens with one attached hydrogen (secondary N) is 1. The molecule has 0 amide bonds. The first-order valence-corrected chi connectivity index (χ1v) is 8.58. The van der Waals surface area contributed by atoms with E-state index in [1.54, 1.807) is 0 Å². The van der Waals surface area contributed by atoms with Gasteiger partial charge in [-0.15, -0.1) is 0 Å². The van der Waals surface area contributed by atoms with Gasteiger partial charge in [0.1, 0.15) is 0 Å². The molecule has 1 aliphatic heterocycles. The Kier molecular flexibility index (Phi) is 3.68. The highest BCUT2D eigenvalue weighted by atomic mass is 15.3. The first kappa shape index (κ1) is 13.9. The molecule has 3 aliphatic rings. The zero-order valence-electron chi connectivity index (χ0n) is 13.2. The Morgan fingerprint density at radius 1 is 1.26 bits per heavy atom. The van der Waals surface area contributed by atoms with Gasteiger partial charge < -0.3 is 5.32 Å². The van der Waals surface area contributed by atoms with Crippen molar-refractivity contribution >= 4 is 0 Å². The fourth-order valence-corrected chi connectivity index (χ4v) is 4.35. The highest BCUT2D eigenvalue weighted by Gasteiger charge is 2.52. The lowest BCUT2D eigenvalue weighted by atomic mass is 9.83. The molecule has 0 aromatic rings. The summed E-state index contributed by atoms with van der Waals surface area (Å²) in [6.45, 7) is 11.1. The maximum Gasteiger partial charge on any atom is 0.0335 e. The molecule has 2 heteroatoms. The summed E-state index contributed by atoms with van der Waals surface area (Å²) < 4.78 is 0. The molecule has 2 unspecified atom stereocenters. The van der Waals surface area contributed by atoms with Crippen molar-refractivity contribution in [1.82, 2.24) is 10.2 Å². The zero-order valence-corrected chi connectivity index (χ0v) is 13.2. The Morgan fingerprint density at radius 3 is 2.53 bits per heavy atom. The monoisotopic (exact) mass is 264 g/mol. The van der Waals surface area contributed by atoms with Gasteiger partial charge in [-0.05, 0) is 44.4 Å². The second-order valence-corrected chi connectivity index (χ2v) is 7.87. The van der Waals surface area contributed by atoms with E-state index in [1.807, 2.05) is 0 Å². The van der Waals surface area contributed by atoms with E-state index in [1.165, 1.54) is 64.6 Å². The van der Waals surface area contributed by atoms with Crippen LogP contribution in [-0.2, 0) is 0 Å². The number of hydrogen-bond acceptors (Lipinski definition) is 2. The maximum absolute atomic E-state index is 3.99. The molecule has 1 heterocycles. The average Bonchev–Trinajstić information content (AvgIpc) is 3.17. The minimum atomic E-state index is 0.442. The summed E-state index contributed by atoms with van der Waals surface area (Å²) in [7, 11) is 0. The van der Waals surface area contributed by atoms with E-state index in [9.17, 15) is 0 Å². The van der Waals surface area contributed by atoms with Gasteiger partial charge in [-0.25, -0.2) is 0 Å². The summed E-state index contributed by atoms with van der Waals surface area (Å²) in [5, 5.41) is 3.99. The average molecular weight is 264 g/mol. The first-order chi connectivity index (χ1) is 9.08. The van der Waals surface area contributed by atoms with Crippen LogP contribution in [0.15, 0.2) is 0 Å². The van der Waals surface area contributed by atoms with Crippen molar-refractivity contribution in [3.63, 3.8) is 0 Å². The van der Waals surface area contributed by atoms with Crippen LogP contribution in [0.25, 0.3) is 0 Å². The Hall–Kier alpha value is -0.0800. The minimum absolute atomic E-state index is 0.442. The second kappa shape index (κ2) is 5.04. The van der Waals surface area contributed by atoms with Crippen LogP contribution in [-0.4, -0.2) is 35.6 Å². The third-order valence-corrected chi connectivity index (χ3v) is 6.28. The fraction of sp³-hybridized carbons (Fsp3) is 1.00. The molecular weight excluding hydrogens is 232 g/mol. The van der Waals surface area contributed by atoms with Gasteiger partial charge in [0.05, 0.1) is 0 Å².